The molecule has 0 aliphatic rings. The number of carbonyl (C=O) groups is 1. The maximum atomic E-state index is 13.1. The summed E-state index contributed by atoms with van der Waals surface area (Å²) in [5.41, 5.74) is 3.10. The molecule has 0 atom stereocenters. The van der Waals surface area contributed by atoms with Gasteiger partial charge in [0.25, 0.3) is 5.91 Å². The number of hydrogen-bond donors (Lipinski definition) is 1. The van der Waals surface area contributed by atoms with E-state index in [4.69, 9.17) is 9.47 Å². The molecule has 33 heavy (non-hydrogen) atoms. The van der Waals surface area contributed by atoms with E-state index in [9.17, 15) is 14.4 Å². The Hall–Kier alpha value is -3.38. The zero-order valence-corrected chi connectivity index (χ0v) is 20.4. The zero-order valence-electron chi connectivity index (χ0n) is 18.2. The van der Waals surface area contributed by atoms with Gasteiger partial charge in [-0.1, -0.05) is 29.8 Å². The van der Waals surface area contributed by atoms with Crippen LogP contribution >= 0.6 is 22.6 Å². The van der Waals surface area contributed by atoms with Crippen molar-refractivity contribution in [3.63, 3.8) is 0 Å². The molecular formula is C26H22FIN2O3. The lowest BCUT2D eigenvalue weighted by molar-refractivity contribution is -0.112. The SMILES string of the molecule is CCOc1cc(/C=C(/C#N)C(=O)Nc2ccc(C)cc2)cc(I)c1OCc1ccc(F)cc1. The van der Waals surface area contributed by atoms with E-state index in [1.165, 1.54) is 18.2 Å². The van der Waals surface area contributed by atoms with Crippen LogP contribution in [0.4, 0.5) is 10.1 Å². The second-order valence-corrected chi connectivity index (χ2v) is 8.33. The van der Waals surface area contributed by atoms with Gasteiger partial charge in [-0.3, -0.25) is 4.79 Å². The molecule has 0 saturated carbocycles. The molecule has 0 aliphatic heterocycles. The highest BCUT2D eigenvalue weighted by Gasteiger charge is 2.15. The Morgan fingerprint density at radius 1 is 1.12 bits per heavy atom. The first-order valence-electron chi connectivity index (χ1n) is 10.2. The van der Waals surface area contributed by atoms with Crippen LogP contribution in [0.2, 0.25) is 0 Å². The summed E-state index contributed by atoms with van der Waals surface area (Å²) in [6.45, 7) is 4.47. The van der Waals surface area contributed by atoms with E-state index in [1.54, 1.807) is 36.4 Å². The number of carbonyl (C=O) groups excluding carboxylic acids is 1. The third kappa shape index (κ3) is 6.80. The average Bonchev–Trinajstić information content (AvgIpc) is 2.79. The first kappa shape index (κ1) is 24.3. The molecule has 0 spiro atoms. The lowest BCUT2D eigenvalue weighted by Gasteiger charge is -2.15. The van der Waals surface area contributed by atoms with E-state index >= 15 is 0 Å². The fraction of sp³-hybridized carbons (Fsp3) is 0.154. The van der Waals surface area contributed by atoms with Crippen molar-refractivity contribution in [2.45, 2.75) is 20.5 Å². The highest BCUT2D eigenvalue weighted by atomic mass is 127. The third-order valence-corrected chi connectivity index (χ3v) is 5.41. The lowest BCUT2D eigenvalue weighted by Crippen LogP contribution is -2.13. The van der Waals surface area contributed by atoms with Crippen molar-refractivity contribution >= 4 is 40.3 Å². The van der Waals surface area contributed by atoms with Crippen molar-refractivity contribution in [3.05, 3.63) is 92.3 Å². The number of nitrogens with one attached hydrogen (secondary N) is 1. The minimum Gasteiger partial charge on any atom is -0.490 e. The monoisotopic (exact) mass is 556 g/mol. The predicted molar refractivity (Wildman–Crippen MR) is 134 cm³/mol. The minimum atomic E-state index is -0.494. The van der Waals surface area contributed by atoms with Gasteiger partial charge in [-0.25, -0.2) is 4.39 Å². The molecule has 3 aromatic carbocycles. The van der Waals surface area contributed by atoms with Crippen LogP contribution in [-0.2, 0) is 11.4 Å². The summed E-state index contributed by atoms with van der Waals surface area (Å²) in [5, 5.41) is 12.3. The number of aryl methyl sites for hydroxylation is 1. The second-order valence-electron chi connectivity index (χ2n) is 7.17. The number of anilines is 1. The van der Waals surface area contributed by atoms with Gasteiger partial charge < -0.3 is 14.8 Å². The molecule has 0 fully saturated rings. The fourth-order valence-electron chi connectivity index (χ4n) is 2.96. The largest absolute Gasteiger partial charge is 0.490 e. The van der Waals surface area contributed by atoms with E-state index in [0.717, 1.165) is 14.7 Å². The highest BCUT2D eigenvalue weighted by molar-refractivity contribution is 14.1. The maximum Gasteiger partial charge on any atom is 0.266 e. The predicted octanol–water partition coefficient (Wildman–Crippen LogP) is 6.26. The number of rotatable bonds is 8. The van der Waals surface area contributed by atoms with Gasteiger partial charge in [-0.2, -0.15) is 5.26 Å². The second kappa shape index (κ2) is 11.5. The zero-order chi connectivity index (χ0) is 23.8. The summed E-state index contributed by atoms with van der Waals surface area (Å²) in [7, 11) is 0. The third-order valence-electron chi connectivity index (χ3n) is 4.61. The molecule has 0 aromatic heterocycles. The first-order valence-corrected chi connectivity index (χ1v) is 11.3. The van der Waals surface area contributed by atoms with E-state index in [-0.39, 0.29) is 18.0 Å². The molecule has 1 N–H and O–H groups in total. The molecule has 0 aliphatic carbocycles. The lowest BCUT2D eigenvalue weighted by atomic mass is 10.1. The molecule has 1 amide bonds. The fourth-order valence-corrected chi connectivity index (χ4v) is 3.74. The van der Waals surface area contributed by atoms with Crippen molar-refractivity contribution in [2.24, 2.45) is 0 Å². The van der Waals surface area contributed by atoms with Gasteiger partial charge in [0.1, 0.15) is 24.1 Å². The molecule has 7 heteroatoms. The number of hydrogen-bond acceptors (Lipinski definition) is 4. The number of nitrogens with zero attached hydrogens (tertiary/aromatic N) is 1. The minimum absolute atomic E-state index is 0.0335. The molecule has 0 saturated heterocycles. The highest BCUT2D eigenvalue weighted by Crippen LogP contribution is 2.35. The molecule has 0 radical (unpaired) electrons. The van der Waals surface area contributed by atoms with Crippen molar-refractivity contribution in [1.82, 2.24) is 0 Å². The van der Waals surface area contributed by atoms with Gasteiger partial charge in [-0.15, -0.1) is 0 Å². The van der Waals surface area contributed by atoms with Crippen molar-refractivity contribution in [2.75, 3.05) is 11.9 Å². The van der Waals surface area contributed by atoms with Gasteiger partial charge in [0.05, 0.1) is 10.2 Å². The summed E-state index contributed by atoms with van der Waals surface area (Å²) in [6.07, 6.45) is 1.51. The smallest absolute Gasteiger partial charge is 0.266 e. The van der Waals surface area contributed by atoms with Crippen LogP contribution in [0.1, 0.15) is 23.6 Å². The number of ether oxygens (including phenoxy) is 2. The van der Waals surface area contributed by atoms with Gasteiger partial charge in [0, 0.05) is 5.69 Å². The Morgan fingerprint density at radius 3 is 2.45 bits per heavy atom. The van der Waals surface area contributed by atoms with Gasteiger partial charge in [0.15, 0.2) is 11.5 Å². The van der Waals surface area contributed by atoms with Crippen LogP contribution in [0.25, 0.3) is 6.08 Å². The Morgan fingerprint density at radius 2 is 1.82 bits per heavy atom. The number of benzene rings is 3. The van der Waals surface area contributed by atoms with E-state index in [2.05, 4.69) is 27.9 Å². The average molecular weight is 556 g/mol. The van der Waals surface area contributed by atoms with E-state index in [0.29, 0.717) is 29.4 Å². The summed E-state index contributed by atoms with van der Waals surface area (Å²) in [6, 6.07) is 18.9. The Bertz CT molecular complexity index is 1200. The Balaban J connectivity index is 1.83. The maximum absolute atomic E-state index is 13.1. The molecule has 0 unspecified atom stereocenters. The van der Waals surface area contributed by atoms with E-state index in [1.807, 2.05) is 32.0 Å². The van der Waals surface area contributed by atoms with Gasteiger partial charge in [-0.05, 0) is 90.0 Å². The standard InChI is InChI=1S/C26H22FIN2O3/c1-3-32-24-14-19(12-20(15-29)26(31)30-22-10-4-17(2)5-11-22)13-23(28)25(24)33-16-18-6-8-21(27)9-7-18/h4-14H,3,16H2,1-2H3,(H,30,31)/b20-12-. The first-order chi connectivity index (χ1) is 15.9. The quantitative estimate of drug-likeness (QED) is 0.202. The normalized spacial score (nSPS) is 10.9. The van der Waals surface area contributed by atoms with Crippen LogP contribution in [0.15, 0.2) is 66.2 Å². The van der Waals surface area contributed by atoms with E-state index < -0.39 is 5.91 Å². The van der Waals surface area contributed by atoms with Crippen molar-refractivity contribution in [1.29, 1.82) is 5.26 Å². The van der Waals surface area contributed by atoms with Crippen LogP contribution in [0.5, 0.6) is 11.5 Å². The van der Waals surface area contributed by atoms with Crippen LogP contribution in [-0.4, -0.2) is 12.5 Å². The summed E-state index contributed by atoms with van der Waals surface area (Å²) < 4.78 is 25.6. The number of halogens is 2. The van der Waals surface area contributed by atoms with Crippen LogP contribution in [0.3, 0.4) is 0 Å². The molecule has 3 aromatic rings. The van der Waals surface area contributed by atoms with Gasteiger partial charge in [0.2, 0.25) is 0 Å². The number of amides is 1. The van der Waals surface area contributed by atoms with Crippen LogP contribution in [0, 0.1) is 27.6 Å². The van der Waals surface area contributed by atoms with Crippen molar-refractivity contribution < 1.29 is 18.7 Å². The Labute approximate surface area is 206 Å². The summed E-state index contributed by atoms with van der Waals surface area (Å²) >= 11 is 2.12. The number of nitriles is 1. The molecule has 168 valence electrons. The molecule has 3 rings (SSSR count). The summed E-state index contributed by atoms with van der Waals surface area (Å²) in [5.74, 6) is 0.237. The molecular weight excluding hydrogens is 534 g/mol. The Kier molecular flexibility index (Phi) is 8.44. The molecule has 5 nitrogen and oxygen atoms in total. The molecule has 0 heterocycles. The van der Waals surface area contributed by atoms with Crippen molar-refractivity contribution in [3.8, 4) is 17.6 Å². The van der Waals surface area contributed by atoms with Gasteiger partial charge >= 0.3 is 0 Å². The summed E-state index contributed by atoms with van der Waals surface area (Å²) in [4.78, 5) is 12.6. The molecule has 0 bridgehead atoms. The van der Waals surface area contributed by atoms with Crippen LogP contribution < -0.4 is 14.8 Å². The topological polar surface area (TPSA) is 71.3 Å².